The summed E-state index contributed by atoms with van der Waals surface area (Å²) in [5.74, 6) is 4.02. The molecule has 0 bridgehead atoms. The van der Waals surface area contributed by atoms with Gasteiger partial charge in [0, 0.05) is 12.6 Å². The van der Waals surface area contributed by atoms with Gasteiger partial charge in [0.2, 0.25) is 23.5 Å². The number of imidazole rings is 1. The maximum Gasteiger partial charge on any atom is 0.439 e. The van der Waals surface area contributed by atoms with Crippen LogP contribution in [0.2, 0.25) is 0 Å². The number of fused-ring (bicyclic) bond motifs is 1. The van der Waals surface area contributed by atoms with Crippen LogP contribution in [0.3, 0.4) is 0 Å². The summed E-state index contributed by atoms with van der Waals surface area (Å²) in [4.78, 5) is 33.1. The molecule has 2 aliphatic carbocycles. The number of anilines is 2. The lowest BCUT2D eigenvalue weighted by molar-refractivity contribution is 0.267. The second-order valence-electron chi connectivity index (χ2n) is 11.4. The van der Waals surface area contributed by atoms with E-state index in [9.17, 15) is 4.79 Å². The van der Waals surface area contributed by atoms with Crippen molar-refractivity contribution in [2.24, 2.45) is 17.8 Å². The molecular weight excluding hydrogens is 500 g/mol. The number of aryl methyl sites for hydroxylation is 1. The van der Waals surface area contributed by atoms with Crippen molar-refractivity contribution in [2.45, 2.75) is 91.3 Å². The van der Waals surface area contributed by atoms with Crippen molar-refractivity contribution >= 4 is 22.9 Å². The summed E-state index contributed by atoms with van der Waals surface area (Å²) >= 11 is 0. The van der Waals surface area contributed by atoms with Crippen LogP contribution in [-0.4, -0.2) is 45.8 Å². The average Bonchev–Trinajstić information content (AvgIpc) is 3.58. The van der Waals surface area contributed by atoms with Crippen molar-refractivity contribution in [3.05, 3.63) is 22.3 Å². The average molecular weight is 537 g/mol. The highest BCUT2D eigenvalue weighted by molar-refractivity contribution is 5.87. The van der Waals surface area contributed by atoms with E-state index in [1.807, 2.05) is 6.92 Å². The number of hydrogen-bond acceptors (Lipinski definition) is 11. The van der Waals surface area contributed by atoms with Crippen molar-refractivity contribution in [2.75, 3.05) is 10.6 Å². The molecule has 0 radical (unpaired) electrons. The van der Waals surface area contributed by atoms with E-state index in [4.69, 9.17) is 24.0 Å². The summed E-state index contributed by atoms with van der Waals surface area (Å²) in [5, 5.41) is 14.9. The zero-order chi connectivity index (χ0) is 27.1. The van der Waals surface area contributed by atoms with E-state index in [1.165, 1.54) is 44.9 Å². The molecule has 39 heavy (non-hydrogen) atoms. The van der Waals surface area contributed by atoms with E-state index >= 15 is 0 Å². The quantitative estimate of drug-likeness (QED) is 0.276. The summed E-state index contributed by atoms with van der Waals surface area (Å²) < 4.78 is 12.4. The molecule has 208 valence electrons. The summed E-state index contributed by atoms with van der Waals surface area (Å²) in [6.07, 6.45) is 8.42. The van der Waals surface area contributed by atoms with E-state index in [2.05, 4.69) is 49.3 Å². The summed E-state index contributed by atoms with van der Waals surface area (Å²) in [7, 11) is 0. The molecule has 13 nitrogen and oxygen atoms in total. The molecule has 2 unspecified atom stereocenters. The summed E-state index contributed by atoms with van der Waals surface area (Å²) in [5.41, 5.74) is 1.33. The normalized spacial score (nSPS) is 21.5. The Morgan fingerprint density at radius 2 is 1.79 bits per heavy atom. The minimum Gasteiger partial charge on any atom is -0.365 e. The van der Waals surface area contributed by atoms with Crippen molar-refractivity contribution in [1.82, 2.24) is 39.8 Å². The van der Waals surface area contributed by atoms with Gasteiger partial charge >= 0.3 is 5.76 Å². The van der Waals surface area contributed by atoms with Gasteiger partial charge in [0.1, 0.15) is 11.6 Å². The molecule has 0 amide bonds. The zero-order valence-electron chi connectivity index (χ0n) is 22.9. The van der Waals surface area contributed by atoms with Crippen LogP contribution >= 0.6 is 0 Å². The highest BCUT2D eigenvalue weighted by Crippen LogP contribution is 2.36. The standard InChI is InChI=1S/C26H36N10O3/c1-13-8-10-17(11-9-13)12-36-19-20(27-14(2)18-6-5-7-18)30-22(23-33-26(37)39-35-23)31-21(19)32-25(36)28-15(3)24-29-16(4)34-38-24/h13-15,17-18H,5-12H2,1-4H3,(H,33,35,37)(H2,27,28,30,31,32). The first-order chi connectivity index (χ1) is 18.8. The second kappa shape index (κ2) is 10.4. The number of nitrogens with zero attached hydrogens (tertiary/aromatic N) is 7. The zero-order valence-corrected chi connectivity index (χ0v) is 22.9. The van der Waals surface area contributed by atoms with Gasteiger partial charge in [-0.3, -0.25) is 9.51 Å². The Morgan fingerprint density at radius 3 is 2.44 bits per heavy atom. The van der Waals surface area contributed by atoms with Crippen LogP contribution in [0.1, 0.15) is 83.5 Å². The molecular formula is C26H36N10O3. The van der Waals surface area contributed by atoms with Crippen molar-refractivity contribution in [1.29, 1.82) is 0 Å². The maximum absolute atomic E-state index is 11.7. The predicted octanol–water partition coefficient (Wildman–Crippen LogP) is 4.46. The maximum atomic E-state index is 11.7. The molecule has 2 fully saturated rings. The molecule has 2 aliphatic rings. The van der Waals surface area contributed by atoms with Gasteiger partial charge < -0.3 is 19.7 Å². The largest absolute Gasteiger partial charge is 0.439 e. The molecule has 0 aromatic carbocycles. The first kappa shape index (κ1) is 25.5. The van der Waals surface area contributed by atoms with Gasteiger partial charge in [0.25, 0.3) is 0 Å². The lowest BCUT2D eigenvalue weighted by Crippen LogP contribution is -2.31. The molecule has 6 rings (SSSR count). The van der Waals surface area contributed by atoms with Crippen molar-refractivity contribution in [3.8, 4) is 11.6 Å². The molecule has 13 heteroatoms. The number of rotatable bonds is 9. The number of hydrogen-bond donors (Lipinski definition) is 3. The van der Waals surface area contributed by atoms with Crippen LogP contribution in [0.4, 0.5) is 11.8 Å². The lowest BCUT2D eigenvalue weighted by Gasteiger charge is -2.32. The molecule has 0 aliphatic heterocycles. The lowest BCUT2D eigenvalue weighted by atomic mass is 9.80. The fourth-order valence-corrected chi connectivity index (χ4v) is 5.64. The van der Waals surface area contributed by atoms with Gasteiger partial charge in [0.05, 0.1) is 0 Å². The van der Waals surface area contributed by atoms with Crippen LogP contribution in [0.25, 0.3) is 22.8 Å². The molecule has 0 saturated heterocycles. The van der Waals surface area contributed by atoms with E-state index in [-0.39, 0.29) is 23.7 Å². The van der Waals surface area contributed by atoms with Crippen molar-refractivity contribution in [3.63, 3.8) is 0 Å². The second-order valence-corrected chi connectivity index (χ2v) is 11.4. The fourth-order valence-electron chi connectivity index (χ4n) is 5.64. The predicted molar refractivity (Wildman–Crippen MR) is 144 cm³/mol. The number of aromatic amines is 1. The Bertz CT molecular complexity index is 1490. The Balaban J connectivity index is 1.45. The monoisotopic (exact) mass is 536 g/mol. The molecule has 4 heterocycles. The molecule has 2 saturated carbocycles. The van der Waals surface area contributed by atoms with Gasteiger partial charge in [-0.1, -0.05) is 36.5 Å². The summed E-state index contributed by atoms with van der Waals surface area (Å²) in [6.45, 7) is 9.08. The Labute approximate surface area is 225 Å². The van der Waals surface area contributed by atoms with Gasteiger partial charge in [-0.15, -0.1) is 0 Å². The van der Waals surface area contributed by atoms with Crippen LogP contribution in [0, 0.1) is 24.7 Å². The van der Waals surface area contributed by atoms with Crippen LogP contribution < -0.4 is 16.4 Å². The minimum absolute atomic E-state index is 0.168. The van der Waals surface area contributed by atoms with E-state index in [0.29, 0.717) is 41.0 Å². The fraction of sp³-hybridized carbons (Fsp3) is 0.654. The Morgan fingerprint density at radius 1 is 1.00 bits per heavy atom. The Hall–Kier alpha value is -3.77. The van der Waals surface area contributed by atoms with Crippen LogP contribution in [0.5, 0.6) is 0 Å². The Kier molecular flexibility index (Phi) is 6.81. The van der Waals surface area contributed by atoms with Crippen LogP contribution in [-0.2, 0) is 6.54 Å². The summed E-state index contributed by atoms with van der Waals surface area (Å²) in [6, 6.07) is -0.0468. The highest BCUT2D eigenvalue weighted by Gasteiger charge is 2.29. The third-order valence-corrected chi connectivity index (χ3v) is 8.31. The molecule has 0 spiro atoms. The third kappa shape index (κ3) is 5.26. The molecule has 3 N–H and O–H groups in total. The first-order valence-corrected chi connectivity index (χ1v) is 14.0. The van der Waals surface area contributed by atoms with E-state index < -0.39 is 5.76 Å². The molecule has 4 aromatic heterocycles. The number of nitrogens with one attached hydrogen (secondary N) is 3. The number of H-pyrrole nitrogens is 1. The van der Waals surface area contributed by atoms with Gasteiger partial charge in [-0.2, -0.15) is 9.97 Å². The molecule has 4 aromatic rings. The van der Waals surface area contributed by atoms with Gasteiger partial charge in [-0.25, -0.2) is 14.8 Å². The third-order valence-electron chi connectivity index (χ3n) is 8.31. The van der Waals surface area contributed by atoms with E-state index in [0.717, 1.165) is 18.0 Å². The highest BCUT2D eigenvalue weighted by atomic mass is 16.5. The number of aromatic nitrogens is 8. The SMILES string of the molecule is Cc1noc(C(C)Nc2nc3nc(-c4noc(=O)[nH]4)nc(NC(C)C4CCC4)c3n2CC2CCC(C)CC2)n1. The minimum atomic E-state index is -0.658. The van der Waals surface area contributed by atoms with E-state index in [1.54, 1.807) is 6.92 Å². The topological polar surface area (TPSA) is 165 Å². The van der Waals surface area contributed by atoms with Crippen molar-refractivity contribution < 1.29 is 9.05 Å². The van der Waals surface area contributed by atoms with Gasteiger partial charge in [-0.05, 0) is 64.2 Å². The smallest absolute Gasteiger partial charge is 0.365 e. The van der Waals surface area contributed by atoms with Gasteiger partial charge in [0.15, 0.2) is 17.3 Å². The first-order valence-electron chi connectivity index (χ1n) is 14.0. The van der Waals surface area contributed by atoms with Crippen LogP contribution in [0.15, 0.2) is 13.8 Å². The molecule has 2 atom stereocenters.